The summed E-state index contributed by atoms with van der Waals surface area (Å²) in [6.45, 7) is 7.79. The molecule has 0 atom stereocenters. The smallest absolute Gasteiger partial charge is 0.191 e. The summed E-state index contributed by atoms with van der Waals surface area (Å²) in [7, 11) is 1.79. The lowest BCUT2D eigenvalue weighted by molar-refractivity contribution is 0.791. The fourth-order valence-corrected chi connectivity index (χ4v) is 2.63. The van der Waals surface area contributed by atoms with Gasteiger partial charge in [0.15, 0.2) is 5.96 Å². The molecule has 5 nitrogen and oxygen atoms in total. The van der Waals surface area contributed by atoms with E-state index in [2.05, 4.69) is 75.8 Å². The number of hydrogen-bond donors (Lipinski definition) is 2. The molecular weight excluding hydrogens is 437 g/mol. The third kappa shape index (κ3) is 7.19. The molecule has 0 fully saturated rings. The molecule has 6 heteroatoms. The number of rotatable bonds is 8. The van der Waals surface area contributed by atoms with E-state index in [-0.39, 0.29) is 24.0 Å². The second-order valence-corrected chi connectivity index (χ2v) is 5.79. The molecule has 0 spiro atoms. The normalized spacial score (nSPS) is 10.8. The Bertz CT molecular complexity index is 639. The summed E-state index contributed by atoms with van der Waals surface area (Å²) in [5.74, 6) is 1.84. The largest absolute Gasteiger partial charge is 0.357 e. The van der Waals surface area contributed by atoms with Gasteiger partial charge in [0.25, 0.3) is 0 Å². The lowest BCUT2D eigenvalue weighted by Crippen LogP contribution is -2.37. The van der Waals surface area contributed by atoms with Gasteiger partial charge in [-0.3, -0.25) is 4.99 Å². The molecule has 1 aromatic carbocycles. The molecule has 2 rings (SSSR count). The molecule has 26 heavy (non-hydrogen) atoms. The Kier molecular flexibility index (Phi) is 10.7. The third-order valence-electron chi connectivity index (χ3n) is 4.13. The van der Waals surface area contributed by atoms with Crippen LogP contribution in [-0.4, -0.2) is 37.6 Å². The molecule has 0 radical (unpaired) electrons. The van der Waals surface area contributed by atoms with Crippen molar-refractivity contribution in [3.05, 3.63) is 59.8 Å². The highest BCUT2D eigenvalue weighted by atomic mass is 127. The van der Waals surface area contributed by atoms with Gasteiger partial charge >= 0.3 is 0 Å². The summed E-state index contributed by atoms with van der Waals surface area (Å²) in [6, 6.07) is 14.6. The first-order valence-electron chi connectivity index (χ1n) is 8.95. The Hall–Kier alpha value is -1.83. The Morgan fingerprint density at radius 2 is 1.73 bits per heavy atom. The lowest BCUT2D eigenvalue weighted by Gasteiger charge is -2.19. The number of aromatic nitrogens is 1. The topological polar surface area (TPSA) is 52.5 Å². The van der Waals surface area contributed by atoms with Crippen LogP contribution in [0.1, 0.15) is 25.0 Å². The van der Waals surface area contributed by atoms with Crippen molar-refractivity contribution in [2.75, 3.05) is 31.6 Å². The van der Waals surface area contributed by atoms with Gasteiger partial charge in [0, 0.05) is 39.4 Å². The number of halogens is 1. The van der Waals surface area contributed by atoms with E-state index in [9.17, 15) is 0 Å². The van der Waals surface area contributed by atoms with Gasteiger partial charge in [0.05, 0.1) is 0 Å². The average molecular weight is 467 g/mol. The maximum absolute atomic E-state index is 4.55. The molecule has 0 bridgehead atoms. The van der Waals surface area contributed by atoms with Gasteiger partial charge in [-0.05, 0) is 37.5 Å². The zero-order valence-electron chi connectivity index (χ0n) is 15.9. The van der Waals surface area contributed by atoms with E-state index in [0.29, 0.717) is 6.54 Å². The zero-order valence-corrected chi connectivity index (χ0v) is 18.2. The van der Waals surface area contributed by atoms with Crippen molar-refractivity contribution in [1.82, 2.24) is 15.6 Å². The predicted octanol–water partition coefficient (Wildman–Crippen LogP) is 3.45. The Morgan fingerprint density at radius 3 is 2.31 bits per heavy atom. The number of aliphatic imine (C=N–C) groups is 1. The Labute approximate surface area is 174 Å². The molecule has 2 N–H and O–H groups in total. The summed E-state index contributed by atoms with van der Waals surface area (Å²) in [5.41, 5.74) is 2.46. The minimum Gasteiger partial charge on any atom is -0.357 e. The predicted molar refractivity (Wildman–Crippen MR) is 122 cm³/mol. The fraction of sp³-hybridized carbons (Fsp3) is 0.400. The molecule has 0 saturated carbocycles. The molecule has 0 unspecified atom stereocenters. The fourth-order valence-electron chi connectivity index (χ4n) is 2.63. The standard InChI is InChI=1S/C20H29N5.HI/c1-4-25(5-2)19-12-11-18(15-23-19)16-24-20(21-3)22-14-13-17-9-7-6-8-10-17;/h6-12,15H,4-5,13-14,16H2,1-3H3,(H2,21,22,24);1H. The van der Waals surface area contributed by atoms with E-state index in [0.717, 1.165) is 43.4 Å². The van der Waals surface area contributed by atoms with Crippen LogP contribution in [0.15, 0.2) is 53.7 Å². The first-order chi connectivity index (χ1) is 12.3. The first kappa shape index (κ1) is 22.2. The highest BCUT2D eigenvalue weighted by molar-refractivity contribution is 14.0. The van der Waals surface area contributed by atoms with Crippen molar-refractivity contribution in [3.63, 3.8) is 0 Å². The van der Waals surface area contributed by atoms with Gasteiger partial charge in [-0.15, -0.1) is 24.0 Å². The quantitative estimate of drug-likeness (QED) is 0.355. The molecule has 0 aliphatic heterocycles. The van der Waals surface area contributed by atoms with Gasteiger partial charge in [-0.2, -0.15) is 0 Å². The second-order valence-electron chi connectivity index (χ2n) is 5.79. The average Bonchev–Trinajstić information content (AvgIpc) is 2.67. The third-order valence-corrected chi connectivity index (χ3v) is 4.13. The monoisotopic (exact) mass is 467 g/mol. The van der Waals surface area contributed by atoms with Crippen molar-refractivity contribution < 1.29 is 0 Å². The maximum Gasteiger partial charge on any atom is 0.191 e. The summed E-state index contributed by atoms with van der Waals surface area (Å²) < 4.78 is 0. The lowest BCUT2D eigenvalue weighted by atomic mass is 10.1. The van der Waals surface area contributed by atoms with Crippen molar-refractivity contribution in [2.45, 2.75) is 26.8 Å². The number of nitrogens with one attached hydrogen (secondary N) is 2. The van der Waals surface area contributed by atoms with Gasteiger partial charge in [-0.1, -0.05) is 36.4 Å². The maximum atomic E-state index is 4.55. The van der Waals surface area contributed by atoms with Crippen LogP contribution in [0.4, 0.5) is 5.82 Å². The molecule has 0 amide bonds. The van der Waals surface area contributed by atoms with Crippen LogP contribution in [-0.2, 0) is 13.0 Å². The SMILES string of the molecule is CCN(CC)c1ccc(CNC(=NC)NCCc2ccccc2)cn1.I. The second kappa shape index (κ2) is 12.5. The van der Waals surface area contributed by atoms with Crippen molar-refractivity contribution in [1.29, 1.82) is 0 Å². The number of nitrogens with zero attached hydrogens (tertiary/aromatic N) is 3. The number of hydrogen-bond acceptors (Lipinski definition) is 3. The number of benzene rings is 1. The van der Waals surface area contributed by atoms with Crippen molar-refractivity contribution in [2.24, 2.45) is 4.99 Å². The van der Waals surface area contributed by atoms with E-state index in [1.165, 1.54) is 5.56 Å². The minimum atomic E-state index is 0. The Balaban J connectivity index is 0.00000338. The minimum absolute atomic E-state index is 0. The highest BCUT2D eigenvalue weighted by Crippen LogP contribution is 2.10. The van der Waals surface area contributed by atoms with Gasteiger partial charge < -0.3 is 15.5 Å². The summed E-state index contributed by atoms with van der Waals surface area (Å²) in [5, 5.41) is 6.68. The van der Waals surface area contributed by atoms with Crippen LogP contribution in [0.2, 0.25) is 0 Å². The molecule has 0 saturated heterocycles. The summed E-state index contributed by atoms with van der Waals surface area (Å²) >= 11 is 0. The van der Waals surface area contributed by atoms with Crippen LogP contribution in [0, 0.1) is 0 Å². The van der Waals surface area contributed by atoms with E-state index >= 15 is 0 Å². The molecule has 1 aromatic heterocycles. The number of anilines is 1. The molecule has 142 valence electrons. The molecular formula is C20H30IN5. The van der Waals surface area contributed by atoms with E-state index in [1.54, 1.807) is 7.05 Å². The summed E-state index contributed by atoms with van der Waals surface area (Å²) in [4.78, 5) is 11.1. The van der Waals surface area contributed by atoms with Crippen LogP contribution in [0.5, 0.6) is 0 Å². The van der Waals surface area contributed by atoms with Crippen LogP contribution in [0.25, 0.3) is 0 Å². The van der Waals surface area contributed by atoms with E-state index in [4.69, 9.17) is 0 Å². The van der Waals surface area contributed by atoms with Crippen LogP contribution < -0.4 is 15.5 Å². The zero-order chi connectivity index (χ0) is 17.9. The number of pyridine rings is 1. The van der Waals surface area contributed by atoms with E-state index in [1.807, 2.05) is 12.3 Å². The summed E-state index contributed by atoms with van der Waals surface area (Å²) in [6.07, 6.45) is 2.90. The van der Waals surface area contributed by atoms with Gasteiger partial charge in [0.1, 0.15) is 5.82 Å². The molecule has 0 aliphatic rings. The highest BCUT2D eigenvalue weighted by Gasteiger charge is 2.03. The molecule has 2 aromatic rings. The van der Waals surface area contributed by atoms with Gasteiger partial charge in [0.2, 0.25) is 0 Å². The van der Waals surface area contributed by atoms with Crippen molar-refractivity contribution >= 4 is 35.8 Å². The first-order valence-corrected chi connectivity index (χ1v) is 8.95. The van der Waals surface area contributed by atoms with Crippen LogP contribution >= 0.6 is 24.0 Å². The molecule has 0 aliphatic carbocycles. The van der Waals surface area contributed by atoms with Crippen molar-refractivity contribution in [3.8, 4) is 0 Å². The number of guanidine groups is 1. The molecule has 1 heterocycles. The van der Waals surface area contributed by atoms with Crippen LogP contribution in [0.3, 0.4) is 0 Å². The Morgan fingerprint density at radius 1 is 1.00 bits per heavy atom. The van der Waals surface area contributed by atoms with E-state index < -0.39 is 0 Å². The van der Waals surface area contributed by atoms with Gasteiger partial charge in [-0.25, -0.2) is 4.98 Å².